The van der Waals surface area contributed by atoms with Crippen LogP contribution in [0.1, 0.15) is 10.4 Å². The van der Waals surface area contributed by atoms with Gasteiger partial charge in [0.05, 0.1) is 23.1 Å². The van der Waals surface area contributed by atoms with Crippen molar-refractivity contribution in [1.29, 1.82) is 0 Å². The molecule has 3 N–H and O–H groups in total. The maximum Gasteiger partial charge on any atom is 0.261 e. The first-order chi connectivity index (χ1) is 9.00. The van der Waals surface area contributed by atoms with Gasteiger partial charge < -0.3 is 15.7 Å². The fourth-order valence-corrected chi connectivity index (χ4v) is 2.07. The summed E-state index contributed by atoms with van der Waals surface area (Å²) in [4.78, 5) is 17.4. The molecule has 1 aromatic carbocycles. The monoisotopic (exact) mass is 321 g/mol. The SMILES string of the molecule is CN(C(=O)c1ccncc1O)c1ccc(Br)cc1N. The van der Waals surface area contributed by atoms with Crippen molar-refractivity contribution in [1.82, 2.24) is 4.98 Å². The van der Waals surface area contributed by atoms with Crippen molar-refractivity contribution in [2.24, 2.45) is 0 Å². The minimum absolute atomic E-state index is 0.157. The smallest absolute Gasteiger partial charge is 0.261 e. The van der Waals surface area contributed by atoms with E-state index in [1.54, 1.807) is 25.2 Å². The third kappa shape index (κ3) is 2.68. The molecule has 0 radical (unpaired) electrons. The van der Waals surface area contributed by atoms with Gasteiger partial charge in [0, 0.05) is 17.7 Å². The van der Waals surface area contributed by atoms with Crippen molar-refractivity contribution in [3.63, 3.8) is 0 Å². The second-order valence-electron chi connectivity index (χ2n) is 3.96. The molecule has 0 saturated carbocycles. The molecule has 5 nitrogen and oxygen atoms in total. The van der Waals surface area contributed by atoms with Crippen LogP contribution >= 0.6 is 15.9 Å². The molecule has 0 aliphatic rings. The number of benzene rings is 1. The molecule has 2 rings (SSSR count). The first-order valence-electron chi connectivity index (χ1n) is 5.46. The number of carbonyl (C=O) groups excluding carboxylic acids is 1. The first-order valence-corrected chi connectivity index (χ1v) is 6.26. The van der Waals surface area contributed by atoms with Crippen LogP contribution in [0, 0.1) is 0 Å². The number of rotatable bonds is 2. The lowest BCUT2D eigenvalue weighted by Crippen LogP contribution is -2.27. The van der Waals surface area contributed by atoms with Gasteiger partial charge in [-0.15, -0.1) is 0 Å². The molecule has 1 heterocycles. The molecule has 0 unspecified atom stereocenters. The fraction of sp³-hybridized carbons (Fsp3) is 0.0769. The molecule has 2 aromatic rings. The van der Waals surface area contributed by atoms with Crippen molar-refractivity contribution in [2.75, 3.05) is 17.7 Å². The van der Waals surface area contributed by atoms with E-state index in [-0.39, 0.29) is 17.2 Å². The van der Waals surface area contributed by atoms with Gasteiger partial charge in [0.25, 0.3) is 5.91 Å². The first kappa shape index (κ1) is 13.4. The van der Waals surface area contributed by atoms with Crippen molar-refractivity contribution in [3.8, 4) is 5.75 Å². The Morgan fingerprint density at radius 2 is 2.16 bits per heavy atom. The van der Waals surface area contributed by atoms with E-state index in [2.05, 4.69) is 20.9 Å². The lowest BCUT2D eigenvalue weighted by Gasteiger charge is -2.19. The highest BCUT2D eigenvalue weighted by atomic mass is 79.9. The van der Waals surface area contributed by atoms with Gasteiger partial charge in [0.1, 0.15) is 5.75 Å². The Bertz CT molecular complexity index is 631. The molecule has 6 heteroatoms. The van der Waals surface area contributed by atoms with Gasteiger partial charge in [-0.05, 0) is 24.3 Å². The standard InChI is InChI=1S/C13H12BrN3O2/c1-17(11-3-2-8(14)6-10(11)15)13(19)9-4-5-16-7-12(9)18/h2-7,18H,15H2,1H3. The molecule has 19 heavy (non-hydrogen) atoms. The van der Waals surface area contributed by atoms with Gasteiger partial charge in [-0.25, -0.2) is 0 Å². The molecule has 0 fully saturated rings. The lowest BCUT2D eigenvalue weighted by molar-refractivity contribution is 0.0990. The van der Waals surface area contributed by atoms with Gasteiger partial charge in [-0.1, -0.05) is 15.9 Å². The van der Waals surface area contributed by atoms with E-state index in [4.69, 9.17) is 5.73 Å². The van der Waals surface area contributed by atoms with E-state index in [0.717, 1.165) is 4.47 Å². The van der Waals surface area contributed by atoms with Gasteiger partial charge >= 0.3 is 0 Å². The molecule has 0 aliphatic heterocycles. The third-order valence-electron chi connectivity index (χ3n) is 2.69. The van der Waals surface area contributed by atoms with Crippen molar-refractivity contribution < 1.29 is 9.90 Å². The quantitative estimate of drug-likeness (QED) is 0.832. The number of halogens is 1. The predicted octanol–water partition coefficient (Wildman–Crippen LogP) is 2.41. The molecule has 0 spiro atoms. The van der Waals surface area contributed by atoms with Crippen LogP contribution in [0.4, 0.5) is 11.4 Å². The minimum atomic E-state index is -0.353. The Morgan fingerprint density at radius 1 is 1.42 bits per heavy atom. The van der Waals surface area contributed by atoms with E-state index in [1.165, 1.54) is 23.4 Å². The molecule has 98 valence electrons. The van der Waals surface area contributed by atoms with Crippen molar-refractivity contribution in [2.45, 2.75) is 0 Å². The van der Waals surface area contributed by atoms with Crippen molar-refractivity contribution in [3.05, 3.63) is 46.7 Å². The fourth-order valence-electron chi connectivity index (χ4n) is 1.69. The van der Waals surface area contributed by atoms with Gasteiger partial charge in [0.15, 0.2) is 0 Å². The number of pyridine rings is 1. The highest BCUT2D eigenvalue weighted by molar-refractivity contribution is 9.10. The average Bonchev–Trinajstić information content (AvgIpc) is 2.38. The second-order valence-corrected chi connectivity index (χ2v) is 4.88. The summed E-state index contributed by atoms with van der Waals surface area (Å²) < 4.78 is 0.835. The van der Waals surface area contributed by atoms with E-state index < -0.39 is 0 Å². The predicted molar refractivity (Wildman–Crippen MR) is 77.2 cm³/mol. The maximum atomic E-state index is 12.3. The largest absolute Gasteiger partial charge is 0.505 e. The summed E-state index contributed by atoms with van der Waals surface area (Å²) in [5.74, 6) is -0.510. The van der Waals surface area contributed by atoms with E-state index >= 15 is 0 Å². The highest BCUT2D eigenvalue weighted by Gasteiger charge is 2.18. The van der Waals surface area contributed by atoms with Crippen LogP contribution in [0.2, 0.25) is 0 Å². The van der Waals surface area contributed by atoms with Crippen LogP contribution in [0.3, 0.4) is 0 Å². The van der Waals surface area contributed by atoms with E-state index in [1.807, 2.05) is 0 Å². The number of carbonyl (C=O) groups is 1. The Labute approximate surface area is 118 Å². The summed E-state index contributed by atoms with van der Waals surface area (Å²) in [6, 6.07) is 6.70. The number of aromatic hydroxyl groups is 1. The number of nitrogens with zero attached hydrogens (tertiary/aromatic N) is 2. The minimum Gasteiger partial charge on any atom is -0.505 e. The average molecular weight is 322 g/mol. The summed E-state index contributed by atoms with van der Waals surface area (Å²) in [7, 11) is 1.60. The summed E-state index contributed by atoms with van der Waals surface area (Å²) >= 11 is 3.31. The zero-order valence-electron chi connectivity index (χ0n) is 10.2. The number of aromatic nitrogens is 1. The number of nitrogen functional groups attached to an aromatic ring is 1. The molecular weight excluding hydrogens is 310 g/mol. The Balaban J connectivity index is 2.37. The summed E-state index contributed by atoms with van der Waals surface area (Å²) in [5.41, 5.74) is 7.10. The summed E-state index contributed by atoms with van der Waals surface area (Å²) in [6.45, 7) is 0. The summed E-state index contributed by atoms with van der Waals surface area (Å²) in [6.07, 6.45) is 2.68. The number of anilines is 2. The Kier molecular flexibility index (Phi) is 3.71. The van der Waals surface area contributed by atoms with Gasteiger partial charge in [-0.3, -0.25) is 9.78 Å². The molecule has 1 amide bonds. The topological polar surface area (TPSA) is 79.5 Å². The molecule has 0 aliphatic carbocycles. The zero-order chi connectivity index (χ0) is 14.0. The van der Waals surface area contributed by atoms with Crippen LogP contribution in [-0.4, -0.2) is 23.0 Å². The maximum absolute atomic E-state index is 12.3. The van der Waals surface area contributed by atoms with E-state index in [0.29, 0.717) is 11.4 Å². The third-order valence-corrected chi connectivity index (χ3v) is 3.18. The molecule has 1 aromatic heterocycles. The van der Waals surface area contributed by atoms with Crippen LogP contribution in [-0.2, 0) is 0 Å². The normalized spacial score (nSPS) is 10.2. The summed E-state index contributed by atoms with van der Waals surface area (Å²) in [5, 5.41) is 9.64. The molecule has 0 atom stereocenters. The van der Waals surface area contributed by atoms with Gasteiger partial charge in [-0.2, -0.15) is 0 Å². The van der Waals surface area contributed by atoms with Gasteiger partial charge in [0.2, 0.25) is 0 Å². The van der Waals surface area contributed by atoms with Crippen LogP contribution in [0.5, 0.6) is 5.75 Å². The lowest BCUT2D eigenvalue weighted by atomic mass is 10.2. The number of hydrogen-bond acceptors (Lipinski definition) is 4. The van der Waals surface area contributed by atoms with Crippen LogP contribution in [0.25, 0.3) is 0 Å². The Morgan fingerprint density at radius 3 is 2.79 bits per heavy atom. The van der Waals surface area contributed by atoms with Crippen LogP contribution < -0.4 is 10.6 Å². The zero-order valence-corrected chi connectivity index (χ0v) is 11.8. The molecular formula is C13H12BrN3O2. The van der Waals surface area contributed by atoms with E-state index in [9.17, 15) is 9.90 Å². The van der Waals surface area contributed by atoms with Crippen LogP contribution in [0.15, 0.2) is 41.1 Å². The second kappa shape index (κ2) is 5.27. The Hall–Kier alpha value is -2.08. The number of amides is 1. The highest BCUT2D eigenvalue weighted by Crippen LogP contribution is 2.28. The molecule has 0 saturated heterocycles. The molecule has 0 bridgehead atoms. The number of hydrogen-bond donors (Lipinski definition) is 2. The van der Waals surface area contributed by atoms with Crippen molar-refractivity contribution >= 4 is 33.2 Å². The number of nitrogens with two attached hydrogens (primary N) is 1.